The lowest BCUT2D eigenvalue weighted by Crippen LogP contribution is -2.31. The fourth-order valence-corrected chi connectivity index (χ4v) is 2.11. The van der Waals surface area contributed by atoms with Gasteiger partial charge in [0, 0.05) is 0 Å². The van der Waals surface area contributed by atoms with Crippen molar-refractivity contribution < 1.29 is 9.18 Å². The minimum absolute atomic E-state index is 0.0360. The molecule has 2 rings (SSSR count). The van der Waals surface area contributed by atoms with Gasteiger partial charge in [0.15, 0.2) is 5.82 Å². The van der Waals surface area contributed by atoms with Crippen LogP contribution in [0.5, 0.6) is 0 Å². The molecule has 116 valence electrons. The van der Waals surface area contributed by atoms with Gasteiger partial charge in [-0.1, -0.05) is 32.9 Å². The molecule has 2 N–H and O–H groups in total. The summed E-state index contributed by atoms with van der Waals surface area (Å²) in [6.07, 6.45) is 0. The summed E-state index contributed by atoms with van der Waals surface area (Å²) in [7, 11) is 0. The zero-order valence-electron chi connectivity index (χ0n) is 13.1. The molecule has 1 aromatic heterocycles. The van der Waals surface area contributed by atoms with Crippen LogP contribution < -0.4 is 10.9 Å². The maximum Gasteiger partial charge on any atom is 0.272 e. The average Bonchev–Trinajstić information content (AvgIpc) is 2.45. The van der Waals surface area contributed by atoms with Crippen LogP contribution in [-0.2, 0) is 5.41 Å². The standard InChI is InChI=1S/C16H19FN4O/c1-10-12(16(2,3)4)9-14(19-18-10)20-21-15(22)11-7-5-6-8-13(11)17/h5-9H,1-4H3,(H,19,20)(H,21,22). The van der Waals surface area contributed by atoms with Crippen LogP contribution in [0.25, 0.3) is 0 Å². The first-order valence-corrected chi connectivity index (χ1v) is 6.95. The molecule has 0 aliphatic heterocycles. The molecule has 5 nitrogen and oxygen atoms in total. The first kappa shape index (κ1) is 15.9. The topological polar surface area (TPSA) is 66.9 Å². The highest BCUT2D eigenvalue weighted by Crippen LogP contribution is 2.25. The number of benzene rings is 1. The number of rotatable bonds is 3. The van der Waals surface area contributed by atoms with Gasteiger partial charge in [-0.05, 0) is 36.1 Å². The lowest BCUT2D eigenvalue weighted by molar-refractivity contribution is 0.0958. The van der Waals surface area contributed by atoms with Crippen molar-refractivity contribution in [2.75, 3.05) is 5.43 Å². The largest absolute Gasteiger partial charge is 0.280 e. The van der Waals surface area contributed by atoms with Gasteiger partial charge in [-0.15, -0.1) is 5.10 Å². The molecule has 0 saturated heterocycles. The zero-order valence-corrected chi connectivity index (χ0v) is 13.1. The summed E-state index contributed by atoms with van der Waals surface area (Å²) < 4.78 is 13.5. The van der Waals surface area contributed by atoms with Gasteiger partial charge < -0.3 is 0 Å². The van der Waals surface area contributed by atoms with Gasteiger partial charge in [0.25, 0.3) is 5.91 Å². The van der Waals surface area contributed by atoms with Crippen LogP contribution in [0.3, 0.4) is 0 Å². The van der Waals surface area contributed by atoms with E-state index in [0.717, 1.165) is 11.3 Å². The highest BCUT2D eigenvalue weighted by Gasteiger charge is 2.18. The van der Waals surface area contributed by atoms with Gasteiger partial charge in [0.1, 0.15) is 5.82 Å². The predicted octanol–water partition coefficient (Wildman–Crippen LogP) is 2.98. The quantitative estimate of drug-likeness (QED) is 0.855. The van der Waals surface area contributed by atoms with Crippen LogP contribution in [0.15, 0.2) is 30.3 Å². The smallest absolute Gasteiger partial charge is 0.272 e. The van der Waals surface area contributed by atoms with Gasteiger partial charge in [-0.2, -0.15) is 5.10 Å². The monoisotopic (exact) mass is 302 g/mol. The summed E-state index contributed by atoms with van der Waals surface area (Å²) in [6.45, 7) is 8.09. The van der Waals surface area contributed by atoms with E-state index in [4.69, 9.17) is 0 Å². The van der Waals surface area contributed by atoms with Crippen molar-refractivity contribution in [3.8, 4) is 0 Å². The molecule has 0 aliphatic rings. The van der Waals surface area contributed by atoms with Crippen LogP contribution >= 0.6 is 0 Å². The summed E-state index contributed by atoms with van der Waals surface area (Å²) in [5, 5.41) is 8.05. The fourth-order valence-electron chi connectivity index (χ4n) is 2.11. The number of hydrogen-bond acceptors (Lipinski definition) is 4. The summed E-state index contributed by atoms with van der Waals surface area (Å²) >= 11 is 0. The van der Waals surface area contributed by atoms with Crippen LogP contribution in [0.1, 0.15) is 42.4 Å². The minimum atomic E-state index is -0.577. The van der Waals surface area contributed by atoms with Gasteiger partial charge in [0.2, 0.25) is 0 Å². The van der Waals surface area contributed by atoms with Crippen LogP contribution in [0.2, 0.25) is 0 Å². The van der Waals surface area contributed by atoms with Crippen molar-refractivity contribution in [3.63, 3.8) is 0 Å². The Morgan fingerprint density at radius 3 is 2.50 bits per heavy atom. The predicted molar refractivity (Wildman–Crippen MR) is 83.0 cm³/mol. The number of anilines is 1. The second-order valence-electron chi connectivity index (χ2n) is 6.04. The van der Waals surface area contributed by atoms with E-state index in [9.17, 15) is 9.18 Å². The van der Waals surface area contributed by atoms with E-state index in [1.807, 2.05) is 13.0 Å². The van der Waals surface area contributed by atoms with Gasteiger partial charge in [-0.3, -0.25) is 15.6 Å². The molecule has 2 aromatic rings. The number of nitrogens with zero attached hydrogens (tertiary/aromatic N) is 2. The number of amides is 1. The third kappa shape index (κ3) is 3.58. The highest BCUT2D eigenvalue weighted by molar-refractivity contribution is 5.95. The molecule has 0 aliphatic carbocycles. The molecule has 22 heavy (non-hydrogen) atoms. The van der Waals surface area contributed by atoms with Crippen molar-refractivity contribution in [2.24, 2.45) is 0 Å². The average molecular weight is 302 g/mol. The van der Waals surface area contributed by atoms with Crippen molar-refractivity contribution in [2.45, 2.75) is 33.1 Å². The molecule has 0 bridgehead atoms. The van der Waals surface area contributed by atoms with Crippen LogP contribution in [0.4, 0.5) is 10.2 Å². The Morgan fingerprint density at radius 2 is 1.86 bits per heavy atom. The van der Waals surface area contributed by atoms with Crippen LogP contribution in [0, 0.1) is 12.7 Å². The van der Waals surface area contributed by atoms with E-state index < -0.39 is 11.7 Å². The maximum absolute atomic E-state index is 13.5. The molecular weight excluding hydrogens is 283 g/mol. The number of nitrogens with one attached hydrogen (secondary N) is 2. The van der Waals surface area contributed by atoms with E-state index in [0.29, 0.717) is 5.82 Å². The Kier molecular flexibility index (Phi) is 4.40. The molecule has 0 radical (unpaired) electrons. The van der Waals surface area contributed by atoms with E-state index in [-0.39, 0.29) is 11.0 Å². The Morgan fingerprint density at radius 1 is 1.18 bits per heavy atom. The number of hydrazine groups is 1. The normalized spacial score (nSPS) is 11.1. The van der Waals surface area contributed by atoms with E-state index in [2.05, 4.69) is 41.8 Å². The molecule has 0 fully saturated rings. The Hall–Kier alpha value is -2.50. The first-order valence-electron chi connectivity index (χ1n) is 6.95. The summed E-state index contributed by atoms with van der Waals surface area (Å²) in [4.78, 5) is 11.9. The molecule has 6 heteroatoms. The molecule has 1 aromatic carbocycles. The summed E-state index contributed by atoms with van der Waals surface area (Å²) in [5.41, 5.74) is 6.82. The maximum atomic E-state index is 13.5. The Balaban J connectivity index is 2.13. The number of aryl methyl sites for hydroxylation is 1. The molecule has 0 unspecified atom stereocenters. The Bertz CT molecular complexity index is 695. The zero-order chi connectivity index (χ0) is 16.3. The van der Waals surface area contributed by atoms with Gasteiger partial charge in [-0.25, -0.2) is 4.39 Å². The second kappa shape index (κ2) is 6.09. The molecule has 1 amide bonds. The number of halogens is 1. The van der Waals surface area contributed by atoms with Crippen molar-refractivity contribution in [1.82, 2.24) is 15.6 Å². The second-order valence-corrected chi connectivity index (χ2v) is 6.04. The third-order valence-electron chi connectivity index (χ3n) is 3.21. The third-order valence-corrected chi connectivity index (χ3v) is 3.21. The van der Waals surface area contributed by atoms with E-state index in [1.165, 1.54) is 18.2 Å². The molecule has 0 spiro atoms. The lowest BCUT2D eigenvalue weighted by Gasteiger charge is -2.21. The Labute approximate surface area is 128 Å². The number of carbonyl (C=O) groups excluding carboxylic acids is 1. The van der Waals surface area contributed by atoms with Gasteiger partial charge >= 0.3 is 0 Å². The molecular formula is C16H19FN4O. The van der Waals surface area contributed by atoms with Gasteiger partial charge in [0.05, 0.1) is 11.3 Å². The fraction of sp³-hybridized carbons (Fsp3) is 0.312. The molecule has 0 saturated carbocycles. The molecule has 1 heterocycles. The molecule has 0 atom stereocenters. The van der Waals surface area contributed by atoms with Crippen molar-refractivity contribution in [3.05, 3.63) is 53.0 Å². The van der Waals surface area contributed by atoms with E-state index in [1.54, 1.807) is 6.07 Å². The minimum Gasteiger partial charge on any atom is -0.280 e. The lowest BCUT2D eigenvalue weighted by atomic mass is 9.86. The van der Waals surface area contributed by atoms with Crippen molar-refractivity contribution in [1.29, 1.82) is 0 Å². The highest BCUT2D eigenvalue weighted by atomic mass is 19.1. The SMILES string of the molecule is Cc1nnc(NNC(=O)c2ccccc2F)cc1C(C)(C)C. The summed E-state index contributed by atoms with van der Waals surface area (Å²) in [5.74, 6) is -0.745. The number of carbonyl (C=O) groups is 1. The van der Waals surface area contributed by atoms with Crippen LogP contribution in [-0.4, -0.2) is 16.1 Å². The van der Waals surface area contributed by atoms with E-state index >= 15 is 0 Å². The van der Waals surface area contributed by atoms with Crippen molar-refractivity contribution >= 4 is 11.7 Å². The first-order chi connectivity index (χ1) is 10.3. The summed E-state index contributed by atoms with van der Waals surface area (Å²) in [6, 6.07) is 7.60. The number of aromatic nitrogens is 2. The number of hydrogen-bond donors (Lipinski definition) is 2.